The van der Waals surface area contributed by atoms with E-state index in [1.165, 1.54) is 17.4 Å². The van der Waals surface area contributed by atoms with Crippen LogP contribution in [0.15, 0.2) is 54.7 Å². The van der Waals surface area contributed by atoms with Crippen LogP contribution in [0.3, 0.4) is 0 Å². The molecule has 0 bridgehead atoms. The Morgan fingerprint density at radius 1 is 1.04 bits per heavy atom. The van der Waals surface area contributed by atoms with Gasteiger partial charge in [-0.25, -0.2) is 13.8 Å². The summed E-state index contributed by atoms with van der Waals surface area (Å²) >= 11 is 1.26. The van der Waals surface area contributed by atoms with E-state index in [0.717, 1.165) is 17.0 Å². The second-order valence-electron chi connectivity index (χ2n) is 5.98. The lowest BCUT2D eigenvalue weighted by atomic mass is 10.1. The van der Waals surface area contributed by atoms with Gasteiger partial charge in [0.1, 0.15) is 0 Å². The van der Waals surface area contributed by atoms with Gasteiger partial charge in [-0.15, -0.1) is 11.3 Å². The summed E-state index contributed by atoms with van der Waals surface area (Å²) in [7, 11) is 0. The number of anilines is 1. The number of nitrogens with one attached hydrogen (secondary N) is 2. The summed E-state index contributed by atoms with van der Waals surface area (Å²) in [5.74, 6) is -2.30. The average molecular weight is 401 g/mol. The Hall–Kier alpha value is -3.13. The average Bonchev–Trinajstić information content (AvgIpc) is 3.12. The molecule has 28 heavy (non-hydrogen) atoms. The second kappa shape index (κ2) is 9.18. The van der Waals surface area contributed by atoms with Crippen LogP contribution in [-0.2, 0) is 11.2 Å². The van der Waals surface area contributed by atoms with Gasteiger partial charge in [0.05, 0.1) is 0 Å². The Labute approximate surface area is 164 Å². The van der Waals surface area contributed by atoms with Crippen LogP contribution >= 0.6 is 11.3 Å². The van der Waals surface area contributed by atoms with Gasteiger partial charge in [-0.3, -0.25) is 9.59 Å². The summed E-state index contributed by atoms with van der Waals surface area (Å²) in [6, 6.07) is 12.5. The zero-order chi connectivity index (χ0) is 19.9. The molecule has 5 nitrogen and oxygen atoms in total. The van der Waals surface area contributed by atoms with Crippen molar-refractivity contribution in [3.63, 3.8) is 0 Å². The van der Waals surface area contributed by atoms with Gasteiger partial charge in [-0.2, -0.15) is 0 Å². The fourth-order valence-corrected chi connectivity index (χ4v) is 3.32. The highest BCUT2D eigenvalue weighted by molar-refractivity contribution is 7.15. The number of rotatable bonds is 7. The first-order valence-corrected chi connectivity index (χ1v) is 9.34. The lowest BCUT2D eigenvalue weighted by Gasteiger charge is -2.05. The molecule has 8 heteroatoms. The largest absolute Gasteiger partial charge is 0.352 e. The maximum atomic E-state index is 13.3. The van der Waals surface area contributed by atoms with Crippen LogP contribution in [0.25, 0.3) is 0 Å². The number of aromatic nitrogens is 1. The number of carbonyl (C=O) groups excluding carboxylic acids is 2. The summed E-state index contributed by atoms with van der Waals surface area (Å²) in [6.07, 6.45) is 2.08. The number of nitrogens with zero attached hydrogens (tertiary/aromatic N) is 1. The fourth-order valence-electron chi connectivity index (χ4n) is 2.46. The Kier molecular flexibility index (Phi) is 6.44. The van der Waals surface area contributed by atoms with Crippen molar-refractivity contribution in [2.45, 2.75) is 12.8 Å². The molecule has 2 aromatic carbocycles. The van der Waals surface area contributed by atoms with Crippen molar-refractivity contribution < 1.29 is 18.4 Å². The van der Waals surface area contributed by atoms with Crippen molar-refractivity contribution in [3.05, 3.63) is 82.4 Å². The molecule has 0 saturated carbocycles. The van der Waals surface area contributed by atoms with Crippen molar-refractivity contribution in [2.24, 2.45) is 0 Å². The number of carbonyl (C=O) groups is 2. The molecule has 3 rings (SSSR count). The van der Waals surface area contributed by atoms with E-state index in [9.17, 15) is 18.4 Å². The zero-order valence-corrected chi connectivity index (χ0v) is 15.6. The lowest BCUT2D eigenvalue weighted by molar-refractivity contribution is -0.116. The molecule has 0 fully saturated rings. The highest BCUT2D eigenvalue weighted by atomic mass is 32.1. The van der Waals surface area contributed by atoms with Gasteiger partial charge in [0.2, 0.25) is 5.91 Å². The Bertz CT molecular complexity index is 977. The van der Waals surface area contributed by atoms with Crippen LogP contribution in [0.2, 0.25) is 0 Å². The zero-order valence-electron chi connectivity index (χ0n) is 14.7. The molecule has 0 aliphatic rings. The van der Waals surface area contributed by atoms with Crippen molar-refractivity contribution >= 4 is 28.3 Å². The van der Waals surface area contributed by atoms with Gasteiger partial charge in [-0.1, -0.05) is 24.3 Å². The summed E-state index contributed by atoms with van der Waals surface area (Å²) in [6.45, 7) is 0.201. The van der Waals surface area contributed by atoms with Crippen LogP contribution in [0.4, 0.5) is 13.9 Å². The third-order valence-corrected chi connectivity index (χ3v) is 4.75. The fraction of sp³-hybridized carbons (Fsp3) is 0.150. The monoisotopic (exact) mass is 401 g/mol. The van der Waals surface area contributed by atoms with Crippen LogP contribution in [0.5, 0.6) is 0 Å². The molecule has 0 saturated heterocycles. The summed E-state index contributed by atoms with van der Waals surface area (Å²) in [5, 5.41) is 5.76. The summed E-state index contributed by atoms with van der Waals surface area (Å²) < 4.78 is 26.2. The van der Waals surface area contributed by atoms with Gasteiger partial charge in [0.15, 0.2) is 16.8 Å². The number of amides is 2. The number of hydrogen-bond acceptors (Lipinski definition) is 4. The topological polar surface area (TPSA) is 71.1 Å². The van der Waals surface area contributed by atoms with Gasteiger partial charge >= 0.3 is 0 Å². The van der Waals surface area contributed by atoms with Crippen LogP contribution in [-0.4, -0.2) is 23.3 Å². The van der Waals surface area contributed by atoms with E-state index in [1.54, 1.807) is 30.5 Å². The standard InChI is InChI=1S/C20H17F2N3O2S/c21-16-7-6-13(11-17(16)22)10-15-12-24-20(28-15)25-18(26)8-9-23-19(27)14-4-2-1-3-5-14/h1-7,11-12H,8-10H2,(H,23,27)(H,24,25,26). The first-order valence-electron chi connectivity index (χ1n) is 8.53. The number of halogens is 2. The van der Waals surface area contributed by atoms with Crippen molar-refractivity contribution in [2.75, 3.05) is 11.9 Å². The predicted molar refractivity (Wildman–Crippen MR) is 103 cm³/mol. The summed E-state index contributed by atoms with van der Waals surface area (Å²) in [4.78, 5) is 28.8. The van der Waals surface area contributed by atoms with Crippen molar-refractivity contribution in [3.8, 4) is 0 Å². The van der Waals surface area contributed by atoms with Gasteiger partial charge in [0.25, 0.3) is 5.91 Å². The molecule has 0 aliphatic carbocycles. The molecule has 0 radical (unpaired) electrons. The van der Waals surface area contributed by atoms with Gasteiger partial charge in [-0.05, 0) is 29.8 Å². The molecule has 2 N–H and O–H groups in total. The number of benzene rings is 2. The molecule has 1 aromatic heterocycles. The van der Waals surface area contributed by atoms with E-state index in [2.05, 4.69) is 15.6 Å². The van der Waals surface area contributed by atoms with E-state index in [4.69, 9.17) is 0 Å². The molecule has 1 heterocycles. The van der Waals surface area contributed by atoms with Crippen LogP contribution < -0.4 is 10.6 Å². The quantitative estimate of drug-likeness (QED) is 0.633. The maximum Gasteiger partial charge on any atom is 0.251 e. The number of thiazole rings is 1. The SMILES string of the molecule is O=C(CCNC(=O)c1ccccc1)Nc1ncc(Cc2ccc(F)c(F)c2)s1. The smallest absolute Gasteiger partial charge is 0.251 e. The third kappa shape index (κ3) is 5.43. The molecule has 0 aliphatic heterocycles. The first-order chi connectivity index (χ1) is 13.5. The highest BCUT2D eigenvalue weighted by Crippen LogP contribution is 2.22. The maximum absolute atomic E-state index is 13.3. The first kappa shape index (κ1) is 19.6. The molecule has 0 unspecified atom stereocenters. The van der Waals surface area contributed by atoms with Gasteiger partial charge in [0, 0.05) is 36.0 Å². The molecular weight excluding hydrogens is 384 g/mol. The van der Waals surface area contributed by atoms with E-state index in [-0.39, 0.29) is 24.8 Å². The minimum Gasteiger partial charge on any atom is -0.352 e. The van der Waals surface area contributed by atoms with Gasteiger partial charge < -0.3 is 10.6 Å². The molecule has 0 spiro atoms. The summed E-state index contributed by atoms with van der Waals surface area (Å²) in [5.41, 5.74) is 1.15. The van der Waals surface area contributed by atoms with E-state index in [0.29, 0.717) is 22.7 Å². The Balaban J connectivity index is 1.46. The predicted octanol–water partition coefficient (Wildman–Crippen LogP) is 3.77. The Morgan fingerprint density at radius 3 is 2.57 bits per heavy atom. The second-order valence-corrected chi connectivity index (χ2v) is 7.09. The van der Waals surface area contributed by atoms with Crippen molar-refractivity contribution in [1.29, 1.82) is 0 Å². The number of hydrogen-bond donors (Lipinski definition) is 2. The minimum absolute atomic E-state index is 0.108. The molecule has 3 aromatic rings. The van der Waals surface area contributed by atoms with Crippen LogP contribution in [0, 0.1) is 11.6 Å². The van der Waals surface area contributed by atoms with E-state index >= 15 is 0 Å². The van der Waals surface area contributed by atoms with E-state index in [1.807, 2.05) is 6.07 Å². The highest BCUT2D eigenvalue weighted by Gasteiger charge is 2.10. The normalized spacial score (nSPS) is 10.5. The molecule has 144 valence electrons. The Morgan fingerprint density at radius 2 is 1.82 bits per heavy atom. The lowest BCUT2D eigenvalue weighted by Crippen LogP contribution is -2.27. The minimum atomic E-state index is -0.895. The van der Waals surface area contributed by atoms with Crippen molar-refractivity contribution in [1.82, 2.24) is 10.3 Å². The molecule has 0 atom stereocenters. The van der Waals surface area contributed by atoms with Crippen LogP contribution in [0.1, 0.15) is 27.2 Å². The third-order valence-electron chi connectivity index (χ3n) is 3.84. The molecular formula is C20H17F2N3O2S. The van der Waals surface area contributed by atoms with E-state index < -0.39 is 11.6 Å². The molecule has 2 amide bonds.